The summed E-state index contributed by atoms with van der Waals surface area (Å²) in [5.41, 5.74) is -1.21. The summed E-state index contributed by atoms with van der Waals surface area (Å²) in [6.07, 6.45) is -2.81. The van der Waals surface area contributed by atoms with E-state index in [1.54, 1.807) is 6.07 Å². The van der Waals surface area contributed by atoms with Crippen LogP contribution in [0.3, 0.4) is 0 Å². The highest BCUT2D eigenvalue weighted by Gasteiger charge is 2.57. The van der Waals surface area contributed by atoms with E-state index >= 15 is 0 Å². The van der Waals surface area contributed by atoms with Gasteiger partial charge in [-0.3, -0.25) is 4.84 Å². The number of fused-ring (bicyclic) bond motifs is 1. The number of ether oxygens (including phenoxy) is 1. The lowest BCUT2D eigenvalue weighted by atomic mass is 9.92. The highest BCUT2D eigenvalue weighted by Crippen LogP contribution is 2.40. The third kappa shape index (κ3) is 1.86. The summed E-state index contributed by atoms with van der Waals surface area (Å²) in [6.45, 7) is -0.533. The first-order valence-corrected chi connectivity index (χ1v) is 6.72. The molecule has 1 saturated heterocycles. The van der Waals surface area contributed by atoms with Crippen molar-refractivity contribution in [1.82, 2.24) is 14.6 Å². The van der Waals surface area contributed by atoms with E-state index in [0.717, 1.165) is 0 Å². The summed E-state index contributed by atoms with van der Waals surface area (Å²) in [5, 5.41) is 43.0. The maximum absolute atomic E-state index is 10.3. The average molecular weight is 326 g/mol. The molecular formula is C12H12ClN5O4. The van der Waals surface area contributed by atoms with Crippen molar-refractivity contribution in [1.29, 1.82) is 5.26 Å². The molecule has 2 aromatic rings. The number of halogens is 1. The topological polar surface area (TPSA) is 136 Å². The molecule has 116 valence electrons. The standard InChI is InChI=1S/C12H12ClN5O4/c13-17-11-6-1-2-8(18(6)16-5-15-11)12(4-14)10(21)9(20)7(3-19)22-12/h1-2,5,7,9-10,19-21H,3H2,(H,15,16,17)/t7-,9-,10-,12+/m1/s1. The van der Waals surface area contributed by atoms with Crippen LogP contribution >= 0.6 is 11.8 Å². The van der Waals surface area contributed by atoms with Crippen LogP contribution in [-0.2, 0) is 10.3 Å². The number of hydrogen-bond donors (Lipinski definition) is 4. The van der Waals surface area contributed by atoms with Crippen LogP contribution in [-0.4, -0.2) is 54.8 Å². The summed E-state index contributed by atoms with van der Waals surface area (Å²) >= 11 is 5.57. The van der Waals surface area contributed by atoms with E-state index in [-0.39, 0.29) is 5.69 Å². The molecule has 1 aliphatic heterocycles. The van der Waals surface area contributed by atoms with Gasteiger partial charge in [-0.15, -0.1) is 0 Å². The molecule has 0 aromatic carbocycles. The normalized spacial score (nSPS) is 31.3. The molecule has 0 aliphatic carbocycles. The molecule has 0 amide bonds. The zero-order valence-electron chi connectivity index (χ0n) is 11.1. The predicted octanol–water partition coefficient (Wildman–Crippen LogP) is -0.873. The first kappa shape index (κ1) is 15.0. The number of nitrogens with one attached hydrogen (secondary N) is 1. The lowest BCUT2D eigenvalue weighted by Gasteiger charge is -2.24. The fourth-order valence-electron chi connectivity index (χ4n) is 2.62. The number of rotatable bonds is 3. The summed E-state index contributed by atoms with van der Waals surface area (Å²) in [4.78, 5) is 6.30. The number of anilines is 1. The van der Waals surface area contributed by atoms with E-state index < -0.39 is 30.5 Å². The van der Waals surface area contributed by atoms with Crippen molar-refractivity contribution in [2.24, 2.45) is 0 Å². The molecule has 3 rings (SSSR count). The molecule has 22 heavy (non-hydrogen) atoms. The second kappa shape index (κ2) is 5.35. The van der Waals surface area contributed by atoms with Gasteiger partial charge in [0.2, 0.25) is 5.60 Å². The van der Waals surface area contributed by atoms with Gasteiger partial charge in [-0.05, 0) is 12.1 Å². The van der Waals surface area contributed by atoms with Crippen LogP contribution in [0.15, 0.2) is 18.5 Å². The minimum atomic E-state index is -1.86. The monoisotopic (exact) mass is 325 g/mol. The summed E-state index contributed by atoms with van der Waals surface area (Å²) in [7, 11) is 0. The van der Waals surface area contributed by atoms with Gasteiger partial charge in [0.05, 0.1) is 12.3 Å². The largest absolute Gasteiger partial charge is 0.394 e. The molecule has 4 atom stereocenters. The Morgan fingerprint density at radius 2 is 2.27 bits per heavy atom. The van der Waals surface area contributed by atoms with Crippen LogP contribution in [0.1, 0.15) is 5.69 Å². The molecule has 0 spiro atoms. The van der Waals surface area contributed by atoms with Crippen molar-refractivity contribution < 1.29 is 20.1 Å². The lowest BCUT2D eigenvalue weighted by molar-refractivity contribution is -0.0643. The molecule has 3 heterocycles. The van der Waals surface area contributed by atoms with Crippen molar-refractivity contribution in [2.45, 2.75) is 23.9 Å². The molecule has 10 heteroatoms. The van der Waals surface area contributed by atoms with Gasteiger partial charge in [0.25, 0.3) is 0 Å². The number of hydrogen-bond acceptors (Lipinski definition) is 8. The van der Waals surface area contributed by atoms with Crippen LogP contribution in [0.4, 0.5) is 5.82 Å². The van der Waals surface area contributed by atoms with Gasteiger partial charge in [0.15, 0.2) is 5.82 Å². The predicted molar refractivity (Wildman–Crippen MR) is 73.7 cm³/mol. The second-order valence-electron chi connectivity index (χ2n) is 4.84. The Morgan fingerprint density at radius 1 is 1.50 bits per heavy atom. The van der Waals surface area contributed by atoms with Crippen molar-refractivity contribution in [3.05, 3.63) is 24.2 Å². The zero-order chi connectivity index (χ0) is 15.9. The molecule has 9 nitrogen and oxygen atoms in total. The molecule has 0 bridgehead atoms. The lowest BCUT2D eigenvalue weighted by Crippen LogP contribution is -2.40. The third-order valence-electron chi connectivity index (χ3n) is 3.73. The molecule has 1 aliphatic rings. The van der Waals surface area contributed by atoms with E-state index in [2.05, 4.69) is 14.9 Å². The molecule has 1 fully saturated rings. The van der Waals surface area contributed by atoms with E-state index in [0.29, 0.717) is 11.3 Å². The van der Waals surface area contributed by atoms with Crippen molar-refractivity contribution in [3.63, 3.8) is 0 Å². The smallest absolute Gasteiger partial charge is 0.225 e. The van der Waals surface area contributed by atoms with E-state index in [1.165, 1.54) is 16.9 Å². The fourth-order valence-corrected chi connectivity index (χ4v) is 2.76. The zero-order valence-corrected chi connectivity index (χ0v) is 11.8. The summed E-state index contributed by atoms with van der Waals surface area (Å²) in [6, 6.07) is 4.98. The highest BCUT2D eigenvalue weighted by atomic mass is 35.5. The van der Waals surface area contributed by atoms with E-state index in [9.17, 15) is 20.6 Å². The Labute approximate surface area is 129 Å². The Balaban J connectivity index is 2.19. The van der Waals surface area contributed by atoms with Gasteiger partial charge in [-0.25, -0.2) is 9.50 Å². The summed E-state index contributed by atoms with van der Waals surface area (Å²) < 4.78 is 6.78. The number of nitriles is 1. The van der Waals surface area contributed by atoms with Gasteiger partial charge in [-0.1, -0.05) is 0 Å². The number of nitrogens with zero attached hydrogens (tertiary/aromatic N) is 4. The first-order chi connectivity index (χ1) is 10.6. The van der Waals surface area contributed by atoms with Gasteiger partial charge in [0.1, 0.15) is 36.2 Å². The number of aliphatic hydroxyl groups excluding tert-OH is 3. The highest BCUT2D eigenvalue weighted by molar-refractivity contribution is 6.24. The Hall–Kier alpha value is -1.96. The SMILES string of the molecule is N#C[C@@]1(c2ccc3c(NCl)ncnn23)O[C@H](CO)[C@@H](O)[C@H]1O. The maximum atomic E-state index is 10.3. The molecule has 0 saturated carbocycles. The first-order valence-electron chi connectivity index (χ1n) is 6.35. The molecule has 2 aromatic heterocycles. The van der Waals surface area contributed by atoms with Crippen molar-refractivity contribution >= 4 is 23.1 Å². The van der Waals surface area contributed by atoms with Crippen LogP contribution in [0, 0.1) is 11.3 Å². The minimum Gasteiger partial charge on any atom is -0.394 e. The van der Waals surface area contributed by atoms with Crippen LogP contribution < -0.4 is 4.84 Å². The van der Waals surface area contributed by atoms with Crippen LogP contribution in [0.2, 0.25) is 0 Å². The summed E-state index contributed by atoms with van der Waals surface area (Å²) in [5.74, 6) is 0.308. The van der Waals surface area contributed by atoms with E-state index in [4.69, 9.17) is 16.5 Å². The Bertz CT molecular complexity index is 747. The van der Waals surface area contributed by atoms with Gasteiger partial charge >= 0.3 is 0 Å². The van der Waals surface area contributed by atoms with Gasteiger partial charge in [-0.2, -0.15) is 10.4 Å². The van der Waals surface area contributed by atoms with Crippen LogP contribution in [0.25, 0.3) is 5.52 Å². The molecule has 4 N–H and O–H groups in total. The number of aromatic nitrogens is 3. The minimum absolute atomic E-state index is 0.197. The van der Waals surface area contributed by atoms with Crippen molar-refractivity contribution in [2.75, 3.05) is 11.4 Å². The molecule has 0 radical (unpaired) electrons. The maximum Gasteiger partial charge on any atom is 0.225 e. The van der Waals surface area contributed by atoms with Crippen LogP contribution in [0.5, 0.6) is 0 Å². The number of aliphatic hydroxyl groups is 3. The Kier molecular flexibility index (Phi) is 3.64. The molecule has 0 unspecified atom stereocenters. The Morgan fingerprint density at radius 3 is 2.86 bits per heavy atom. The van der Waals surface area contributed by atoms with Gasteiger partial charge < -0.3 is 20.1 Å². The quantitative estimate of drug-likeness (QED) is 0.534. The second-order valence-corrected chi connectivity index (χ2v) is 5.03. The van der Waals surface area contributed by atoms with E-state index in [1.807, 2.05) is 6.07 Å². The van der Waals surface area contributed by atoms with Gasteiger partial charge in [0, 0.05) is 11.8 Å². The average Bonchev–Trinajstić information content (AvgIpc) is 3.09. The van der Waals surface area contributed by atoms with Crippen molar-refractivity contribution in [3.8, 4) is 6.07 Å². The third-order valence-corrected chi connectivity index (χ3v) is 3.91. The molecular weight excluding hydrogens is 314 g/mol. The fraction of sp³-hybridized carbons (Fsp3) is 0.417.